The summed E-state index contributed by atoms with van der Waals surface area (Å²) in [5, 5.41) is 2.24. The quantitative estimate of drug-likeness (QED) is 0.302. The maximum Gasteiger partial charge on any atom is 0.335 e. The van der Waals surface area contributed by atoms with Gasteiger partial charge in [-0.3, -0.25) is 14.9 Å². The van der Waals surface area contributed by atoms with Crippen molar-refractivity contribution in [2.75, 3.05) is 11.5 Å². The molecule has 1 heterocycles. The molecule has 1 fully saturated rings. The van der Waals surface area contributed by atoms with Gasteiger partial charge in [-0.1, -0.05) is 47.5 Å². The van der Waals surface area contributed by atoms with E-state index < -0.39 is 17.8 Å². The lowest BCUT2D eigenvalue weighted by atomic mass is 10.1. The van der Waals surface area contributed by atoms with Crippen molar-refractivity contribution < 1.29 is 23.9 Å². The number of hydrogen-bond acceptors (Lipinski definition) is 5. The SMILES string of the molecule is CCOc1cc(/C=C2\C(=O)NC(=O)N(c3ccc(C)cc3)C2=O)cc(Br)c1OCc1cccc(C)c1. The van der Waals surface area contributed by atoms with Crippen LogP contribution in [0.2, 0.25) is 0 Å². The average molecular weight is 549 g/mol. The van der Waals surface area contributed by atoms with Gasteiger partial charge >= 0.3 is 6.03 Å². The van der Waals surface area contributed by atoms with Crippen molar-refractivity contribution in [3.8, 4) is 11.5 Å². The summed E-state index contributed by atoms with van der Waals surface area (Å²) >= 11 is 3.53. The molecular weight excluding hydrogens is 524 g/mol. The summed E-state index contributed by atoms with van der Waals surface area (Å²) in [6.45, 7) is 6.51. The van der Waals surface area contributed by atoms with Gasteiger partial charge in [-0.25, -0.2) is 9.69 Å². The molecule has 0 saturated carbocycles. The molecule has 36 heavy (non-hydrogen) atoms. The third-order valence-electron chi connectivity index (χ3n) is 5.50. The number of benzene rings is 3. The van der Waals surface area contributed by atoms with Gasteiger partial charge in [0.05, 0.1) is 16.8 Å². The topological polar surface area (TPSA) is 84.9 Å². The zero-order chi connectivity index (χ0) is 25.8. The zero-order valence-corrected chi connectivity index (χ0v) is 21.7. The highest BCUT2D eigenvalue weighted by Crippen LogP contribution is 2.38. The summed E-state index contributed by atoms with van der Waals surface area (Å²) in [4.78, 5) is 39.2. The van der Waals surface area contributed by atoms with Crippen molar-refractivity contribution in [1.29, 1.82) is 0 Å². The summed E-state index contributed by atoms with van der Waals surface area (Å²) in [5.74, 6) is -0.499. The zero-order valence-electron chi connectivity index (χ0n) is 20.1. The van der Waals surface area contributed by atoms with Crippen molar-refractivity contribution in [3.63, 3.8) is 0 Å². The second kappa shape index (κ2) is 10.8. The molecule has 184 valence electrons. The Bertz CT molecular complexity index is 1360. The fourth-order valence-electron chi connectivity index (χ4n) is 3.78. The van der Waals surface area contributed by atoms with Gasteiger partial charge in [-0.15, -0.1) is 0 Å². The number of carbonyl (C=O) groups is 3. The molecule has 7 nitrogen and oxygen atoms in total. The van der Waals surface area contributed by atoms with E-state index in [9.17, 15) is 14.4 Å². The number of urea groups is 1. The minimum Gasteiger partial charge on any atom is -0.490 e. The van der Waals surface area contributed by atoms with Crippen LogP contribution in [0, 0.1) is 13.8 Å². The Hall–Kier alpha value is -3.91. The third kappa shape index (κ3) is 5.49. The number of imide groups is 2. The minimum absolute atomic E-state index is 0.169. The van der Waals surface area contributed by atoms with Crippen LogP contribution in [0.3, 0.4) is 0 Å². The molecule has 4 amide bonds. The summed E-state index contributed by atoms with van der Waals surface area (Å²) in [7, 11) is 0. The summed E-state index contributed by atoms with van der Waals surface area (Å²) in [5.41, 5.74) is 3.87. The Morgan fingerprint density at radius 1 is 0.944 bits per heavy atom. The van der Waals surface area contributed by atoms with E-state index in [-0.39, 0.29) is 5.57 Å². The molecule has 0 bridgehead atoms. The highest BCUT2D eigenvalue weighted by Gasteiger charge is 2.36. The van der Waals surface area contributed by atoms with Crippen molar-refractivity contribution in [3.05, 3.63) is 93.0 Å². The molecule has 1 N–H and O–H groups in total. The highest BCUT2D eigenvalue weighted by atomic mass is 79.9. The monoisotopic (exact) mass is 548 g/mol. The first-order valence-corrected chi connectivity index (χ1v) is 12.2. The van der Waals surface area contributed by atoms with Crippen LogP contribution < -0.4 is 19.7 Å². The Kier molecular flexibility index (Phi) is 7.55. The van der Waals surface area contributed by atoms with Gasteiger partial charge in [0.25, 0.3) is 11.8 Å². The van der Waals surface area contributed by atoms with E-state index in [2.05, 4.69) is 21.2 Å². The first kappa shape index (κ1) is 25.2. The number of carbonyl (C=O) groups excluding carboxylic acids is 3. The maximum absolute atomic E-state index is 13.2. The molecule has 1 saturated heterocycles. The molecule has 1 aliphatic rings. The molecule has 0 unspecified atom stereocenters. The molecule has 4 rings (SSSR count). The van der Waals surface area contributed by atoms with Crippen LogP contribution in [0.25, 0.3) is 6.08 Å². The summed E-state index contributed by atoms with van der Waals surface area (Å²) in [6.07, 6.45) is 1.43. The van der Waals surface area contributed by atoms with E-state index in [0.717, 1.165) is 21.6 Å². The molecule has 1 aliphatic heterocycles. The van der Waals surface area contributed by atoms with Gasteiger partial charge < -0.3 is 9.47 Å². The predicted octanol–water partition coefficient (Wildman–Crippen LogP) is 5.71. The van der Waals surface area contributed by atoms with E-state index in [1.807, 2.05) is 45.0 Å². The number of nitrogens with zero attached hydrogens (tertiary/aromatic N) is 1. The standard InChI is InChI=1S/C28H25BrN2O5/c1-4-35-24-15-20(14-23(29)25(24)36-16-19-7-5-6-18(3)12-19)13-22-26(32)30-28(34)31(27(22)33)21-10-8-17(2)9-11-21/h5-15H,4,16H2,1-3H3,(H,30,32,34)/b22-13+. The lowest BCUT2D eigenvalue weighted by molar-refractivity contribution is -0.122. The number of rotatable bonds is 7. The lowest BCUT2D eigenvalue weighted by Crippen LogP contribution is -2.54. The normalized spacial score (nSPS) is 14.7. The fourth-order valence-corrected chi connectivity index (χ4v) is 4.36. The molecule has 3 aromatic carbocycles. The van der Waals surface area contributed by atoms with Crippen LogP contribution >= 0.6 is 15.9 Å². The van der Waals surface area contributed by atoms with Gasteiger partial charge in [-0.05, 0) is 78.2 Å². The smallest absolute Gasteiger partial charge is 0.335 e. The van der Waals surface area contributed by atoms with Crippen LogP contribution in [0.15, 0.2) is 70.7 Å². The van der Waals surface area contributed by atoms with Crippen LogP contribution in [0.1, 0.15) is 29.2 Å². The van der Waals surface area contributed by atoms with Crippen LogP contribution in [0.5, 0.6) is 11.5 Å². The third-order valence-corrected chi connectivity index (χ3v) is 6.09. The molecule has 0 aromatic heterocycles. The Labute approximate surface area is 217 Å². The Morgan fingerprint density at radius 3 is 2.39 bits per heavy atom. The van der Waals surface area contributed by atoms with Gasteiger partial charge in [0.1, 0.15) is 12.2 Å². The molecule has 8 heteroatoms. The number of aryl methyl sites for hydroxylation is 2. The number of halogens is 1. The highest BCUT2D eigenvalue weighted by molar-refractivity contribution is 9.10. The second-order valence-corrected chi connectivity index (χ2v) is 9.19. The van der Waals surface area contributed by atoms with Crippen molar-refractivity contribution in [2.24, 2.45) is 0 Å². The number of nitrogens with one attached hydrogen (secondary N) is 1. The number of hydrogen-bond donors (Lipinski definition) is 1. The first-order valence-electron chi connectivity index (χ1n) is 11.4. The molecule has 0 atom stereocenters. The lowest BCUT2D eigenvalue weighted by Gasteiger charge is -2.26. The summed E-state index contributed by atoms with van der Waals surface area (Å²) < 4.78 is 12.5. The van der Waals surface area contributed by atoms with Gasteiger partial charge in [0, 0.05) is 0 Å². The van der Waals surface area contributed by atoms with E-state index >= 15 is 0 Å². The fraction of sp³-hybridized carbons (Fsp3) is 0.179. The Balaban J connectivity index is 1.65. The molecule has 0 aliphatic carbocycles. The van der Waals surface area contributed by atoms with Crippen LogP contribution in [0.4, 0.5) is 10.5 Å². The van der Waals surface area contributed by atoms with Crippen molar-refractivity contribution >= 4 is 45.5 Å². The van der Waals surface area contributed by atoms with Gasteiger partial charge in [0.15, 0.2) is 11.5 Å². The molecule has 0 radical (unpaired) electrons. The average Bonchev–Trinajstić information content (AvgIpc) is 2.82. The number of barbiturate groups is 1. The van der Waals surface area contributed by atoms with Crippen molar-refractivity contribution in [2.45, 2.75) is 27.4 Å². The van der Waals surface area contributed by atoms with Gasteiger partial charge in [-0.2, -0.15) is 0 Å². The Morgan fingerprint density at radius 2 is 1.69 bits per heavy atom. The van der Waals surface area contributed by atoms with E-state index in [1.54, 1.807) is 36.4 Å². The summed E-state index contributed by atoms with van der Waals surface area (Å²) in [6, 6.07) is 17.5. The van der Waals surface area contributed by atoms with Gasteiger partial charge in [0.2, 0.25) is 0 Å². The number of anilines is 1. The minimum atomic E-state index is -0.790. The number of ether oxygens (including phenoxy) is 2. The van der Waals surface area contributed by atoms with Crippen LogP contribution in [-0.2, 0) is 16.2 Å². The number of amides is 4. The molecule has 3 aromatic rings. The second-order valence-electron chi connectivity index (χ2n) is 8.33. The van der Waals surface area contributed by atoms with Crippen molar-refractivity contribution in [1.82, 2.24) is 5.32 Å². The first-order chi connectivity index (χ1) is 17.3. The maximum atomic E-state index is 13.2. The van der Waals surface area contributed by atoms with Crippen LogP contribution in [-0.4, -0.2) is 24.5 Å². The molecular formula is C28H25BrN2O5. The largest absolute Gasteiger partial charge is 0.490 e. The predicted molar refractivity (Wildman–Crippen MR) is 141 cm³/mol. The van der Waals surface area contributed by atoms with E-state index in [4.69, 9.17) is 9.47 Å². The molecule has 0 spiro atoms. The van der Waals surface area contributed by atoms with E-state index in [1.165, 1.54) is 6.08 Å². The van der Waals surface area contributed by atoms with E-state index in [0.29, 0.717) is 40.4 Å².